The van der Waals surface area contributed by atoms with Crippen molar-refractivity contribution in [2.75, 3.05) is 19.6 Å². The van der Waals surface area contributed by atoms with Gasteiger partial charge in [-0.15, -0.1) is 11.3 Å². The summed E-state index contributed by atoms with van der Waals surface area (Å²) in [5, 5.41) is 24.4. The van der Waals surface area contributed by atoms with Crippen LogP contribution in [0.25, 0.3) is 0 Å². The van der Waals surface area contributed by atoms with Crippen molar-refractivity contribution < 1.29 is 5.11 Å². The summed E-state index contributed by atoms with van der Waals surface area (Å²) in [6.07, 6.45) is 0.853. The van der Waals surface area contributed by atoms with Crippen molar-refractivity contribution in [3.8, 4) is 0 Å². The van der Waals surface area contributed by atoms with Crippen molar-refractivity contribution in [1.29, 1.82) is 0 Å². The summed E-state index contributed by atoms with van der Waals surface area (Å²) < 4.78 is 0. The van der Waals surface area contributed by atoms with E-state index in [1.165, 1.54) is 0 Å². The third-order valence-corrected chi connectivity index (χ3v) is 5.58. The number of guanidine groups is 1. The molecule has 0 aliphatic carbocycles. The fraction of sp³-hybridized carbons (Fsp3) is 0.579. The minimum atomic E-state index is -0.959. The predicted molar refractivity (Wildman–Crippen MR) is 112 cm³/mol. The summed E-state index contributed by atoms with van der Waals surface area (Å²) in [6, 6.07) is 1.94. The molecule has 0 aliphatic heterocycles. The van der Waals surface area contributed by atoms with Gasteiger partial charge in [-0.2, -0.15) is 11.3 Å². The fourth-order valence-corrected chi connectivity index (χ4v) is 4.10. The van der Waals surface area contributed by atoms with Gasteiger partial charge < -0.3 is 15.7 Å². The first kappa shape index (κ1) is 20.9. The Morgan fingerprint density at radius 1 is 1.23 bits per heavy atom. The van der Waals surface area contributed by atoms with E-state index in [-0.39, 0.29) is 5.41 Å². The highest BCUT2D eigenvalue weighted by molar-refractivity contribution is 7.09. The van der Waals surface area contributed by atoms with Crippen LogP contribution in [0.4, 0.5) is 0 Å². The molecule has 0 bridgehead atoms. The smallest absolute Gasteiger partial charge is 0.191 e. The molecule has 2 aromatic heterocycles. The van der Waals surface area contributed by atoms with Gasteiger partial charge in [0.05, 0.1) is 17.2 Å². The number of aromatic nitrogens is 1. The van der Waals surface area contributed by atoms with Gasteiger partial charge in [0.15, 0.2) is 5.96 Å². The van der Waals surface area contributed by atoms with E-state index in [1.54, 1.807) is 29.6 Å². The van der Waals surface area contributed by atoms with Gasteiger partial charge in [-0.1, -0.05) is 20.8 Å². The van der Waals surface area contributed by atoms with E-state index in [0.29, 0.717) is 6.54 Å². The normalized spacial score (nSPS) is 14.9. The Bertz CT molecular complexity index is 699. The van der Waals surface area contributed by atoms with Crippen molar-refractivity contribution in [2.24, 2.45) is 4.99 Å². The minimum Gasteiger partial charge on any atom is -0.383 e. The van der Waals surface area contributed by atoms with Crippen molar-refractivity contribution in [3.05, 3.63) is 38.5 Å². The van der Waals surface area contributed by atoms with Gasteiger partial charge in [-0.3, -0.25) is 0 Å². The Hall–Kier alpha value is -1.44. The molecule has 3 N–H and O–H groups in total. The molecule has 26 heavy (non-hydrogen) atoms. The van der Waals surface area contributed by atoms with Gasteiger partial charge in [0.25, 0.3) is 0 Å². The van der Waals surface area contributed by atoms with Crippen LogP contribution in [0.2, 0.25) is 0 Å². The molecule has 0 aromatic carbocycles. The van der Waals surface area contributed by atoms with Crippen LogP contribution in [0.15, 0.2) is 27.2 Å². The Morgan fingerprint density at radius 2 is 2.00 bits per heavy atom. The van der Waals surface area contributed by atoms with Crippen LogP contribution >= 0.6 is 22.7 Å². The standard InChI is InChI=1S/C19H30N4OS2/c1-6-20-17(22-13-19(5,24)14-8-10-25-11-14)21-9-7-16-23-15(12-26-16)18(2,3)4/h8,10-12,24H,6-7,9,13H2,1-5H3,(H2,20,21,22). The maximum Gasteiger partial charge on any atom is 0.191 e. The number of hydrogen-bond donors (Lipinski definition) is 3. The molecule has 0 radical (unpaired) electrons. The quantitative estimate of drug-likeness (QED) is 0.496. The first-order valence-electron chi connectivity index (χ1n) is 8.94. The zero-order valence-corrected chi connectivity index (χ0v) is 17.9. The molecule has 7 heteroatoms. The second-order valence-electron chi connectivity index (χ2n) is 7.53. The summed E-state index contributed by atoms with van der Waals surface area (Å²) in [5.74, 6) is 0.718. The van der Waals surface area contributed by atoms with Gasteiger partial charge in [0.2, 0.25) is 0 Å². The molecular weight excluding hydrogens is 364 g/mol. The maximum atomic E-state index is 10.6. The zero-order valence-electron chi connectivity index (χ0n) is 16.3. The summed E-state index contributed by atoms with van der Waals surface area (Å²) in [6.45, 7) is 12.2. The Balaban J connectivity index is 1.90. The maximum absolute atomic E-state index is 10.6. The van der Waals surface area contributed by atoms with E-state index >= 15 is 0 Å². The summed E-state index contributed by atoms with van der Waals surface area (Å²) in [7, 11) is 0. The molecule has 144 valence electrons. The Labute approximate surface area is 164 Å². The van der Waals surface area contributed by atoms with Crippen molar-refractivity contribution >= 4 is 28.6 Å². The molecule has 0 saturated heterocycles. The SMILES string of the molecule is CCNC(=NCC(C)(O)c1ccsc1)NCCc1nc(C(C)(C)C)cs1. The Morgan fingerprint density at radius 3 is 2.58 bits per heavy atom. The van der Waals surface area contributed by atoms with E-state index in [1.807, 2.05) is 23.8 Å². The molecule has 1 unspecified atom stereocenters. The van der Waals surface area contributed by atoms with E-state index < -0.39 is 5.60 Å². The average molecular weight is 395 g/mol. The number of nitrogens with one attached hydrogen (secondary N) is 2. The number of aliphatic hydroxyl groups is 1. The minimum absolute atomic E-state index is 0.0891. The zero-order chi connectivity index (χ0) is 19.2. The first-order chi connectivity index (χ1) is 12.2. The van der Waals surface area contributed by atoms with Gasteiger partial charge in [0, 0.05) is 30.3 Å². The van der Waals surface area contributed by atoms with Gasteiger partial charge in [-0.25, -0.2) is 9.98 Å². The predicted octanol–water partition coefficient (Wildman–Crippen LogP) is 3.51. The molecule has 0 saturated carbocycles. The van der Waals surface area contributed by atoms with E-state index in [4.69, 9.17) is 4.98 Å². The lowest BCUT2D eigenvalue weighted by atomic mass is 9.93. The highest BCUT2D eigenvalue weighted by Gasteiger charge is 2.23. The fourth-order valence-electron chi connectivity index (χ4n) is 2.29. The topological polar surface area (TPSA) is 69.5 Å². The number of thiophene rings is 1. The van der Waals surface area contributed by atoms with Crippen LogP contribution in [0.1, 0.15) is 50.9 Å². The molecule has 0 fully saturated rings. The second-order valence-corrected chi connectivity index (χ2v) is 9.26. The molecule has 0 amide bonds. The van der Waals surface area contributed by atoms with E-state index in [0.717, 1.165) is 41.7 Å². The molecule has 2 aromatic rings. The molecule has 2 rings (SSSR count). The first-order valence-corrected chi connectivity index (χ1v) is 10.8. The highest BCUT2D eigenvalue weighted by Crippen LogP contribution is 2.24. The number of hydrogen-bond acceptors (Lipinski definition) is 5. The third-order valence-electron chi connectivity index (χ3n) is 3.98. The third kappa shape index (κ3) is 6.07. The van der Waals surface area contributed by atoms with Crippen molar-refractivity contribution in [1.82, 2.24) is 15.6 Å². The van der Waals surface area contributed by atoms with Crippen molar-refractivity contribution in [3.63, 3.8) is 0 Å². The number of nitrogens with zero attached hydrogens (tertiary/aromatic N) is 2. The Kier molecular flexibility index (Phi) is 7.20. The number of aliphatic imine (C=N–C) groups is 1. The largest absolute Gasteiger partial charge is 0.383 e. The molecule has 1 atom stereocenters. The average Bonchev–Trinajstić information content (AvgIpc) is 3.24. The van der Waals surface area contributed by atoms with E-state index in [9.17, 15) is 5.11 Å². The van der Waals surface area contributed by atoms with Crippen LogP contribution in [-0.4, -0.2) is 35.7 Å². The van der Waals surface area contributed by atoms with Gasteiger partial charge >= 0.3 is 0 Å². The molecular formula is C19H30N4OS2. The molecule has 5 nitrogen and oxygen atoms in total. The number of rotatable bonds is 7. The lowest BCUT2D eigenvalue weighted by Crippen LogP contribution is -2.39. The summed E-state index contributed by atoms with van der Waals surface area (Å²) in [5.41, 5.74) is 1.18. The van der Waals surface area contributed by atoms with E-state index in [2.05, 4.69) is 41.8 Å². The summed E-state index contributed by atoms with van der Waals surface area (Å²) in [4.78, 5) is 9.27. The summed E-state index contributed by atoms with van der Waals surface area (Å²) >= 11 is 3.29. The van der Waals surface area contributed by atoms with Gasteiger partial charge in [0.1, 0.15) is 5.60 Å². The van der Waals surface area contributed by atoms with Crippen LogP contribution in [0.3, 0.4) is 0 Å². The van der Waals surface area contributed by atoms with Crippen molar-refractivity contribution in [2.45, 2.75) is 52.1 Å². The second kappa shape index (κ2) is 8.97. The molecule has 0 spiro atoms. The van der Waals surface area contributed by atoms with Gasteiger partial charge in [-0.05, 0) is 36.2 Å². The molecule has 0 aliphatic rings. The lowest BCUT2D eigenvalue weighted by molar-refractivity contribution is 0.0677. The molecule has 2 heterocycles. The monoisotopic (exact) mass is 394 g/mol. The van der Waals surface area contributed by atoms with Crippen LogP contribution < -0.4 is 10.6 Å². The highest BCUT2D eigenvalue weighted by atomic mass is 32.1. The van der Waals surface area contributed by atoms with Crippen LogP contribution in [0.5, 0.6) is 0 Å². The van der Waals surface area contributed by atoms with Crippen LogP contribution in [-0.2, 0) is 17.4 Å². The van der Waals surface area contributed by atoms with Crippen LogP contribution in [0, 0.1) is 0 Å². The number of thiazole rings is 1. The lowest BCUT2D eigenvalue weighted by Gasteiger charge is -2.21.